The predicted octanol–water partition coefficient (Wildman–Crippen LogP) is 5.67. The SMILES string of the molecule is CC(=O)O[C@@H]1[C@H](OC2CCCCC2(c2ccccc2)c2ccccc2)O[N+]([O-])=CC12CCCCC2. The zero-order chi connectivity index (χ0) is 24.3. The summed E-state index contributed by atoms with van der Waals surface area (Å²) in [4.78, 5) is 18.5. The van der Waals surface area contributed by atoms with Gasteiger partial charge in [-0.05, 0) is 36.8 Å². The Hall–Kier alpha value is -2.86. The van der Waals surface area contributed by atoms with Crippen LogP contribution in [-0.4, -0.2) is 35.6 Å². The number of rotatable bonds is 5. The van der Waals surface area contributed by atoms with Crippen LogP contribution >= 0.6 is 0 Å². The number of carbonyl (C=O) groups is 1. The van der Waals surface area contributed by atoms with Gasteiger partial charge in [-0.1, -0.05) is 92.8 Å². The molecule has 186 valence electrons. The molecule has 6 nitrogen and oxygen atoms in total. The number of hydrogen-bond acceptors (Lipinski definition) is 5. The maximum atomic E-state index is 12.7. The lowest BCUT2D eigenvalue weighted by atomic mass is 9.63. The van der Waals surface area contributed by atoms with Gasteiger partial charge in [-0.2, -0.15) is 0 Å². The normalized spacial score (nSPS) is 27.5. The quantitative estimate of drug-likeness (QED) is 0.410. The van der Waals surface area contributed by atoms with Gasteiger partial charge in [0.15, 0.2) is 6.10 Å². The molecule has 1 unspecified atom stereocenters. The lowest BCUT2D eigenvalue weighted by Gasteiger charge is -2.49. The van der Waals surface area contributed by atoms with Crippen molar-refractivity contribution < 1.29 is 24.0 Å². The molecule has 0 bridgehead atoms. The molecule has 0 radical (unpaired) electrons. The van der Waals surface area contributed by atoms with Gasteiger partial charge in [-0.3, -0.25) is 10.0 Å². The summed E-state index contributed by atoms with van der Waals surface area (Å²) in [6.45, 7) is 1.41. The first-order valence-electron chi connectivity index (χ1n) is 13.0. The zero-order valence-corrected chi connectivity index (χ0v) is 20.4. The second-order valence-electron chi connectivity index (χ2n) is 10.3. The van der Waals surface area contributed by atoms with Crippen molar-refractivity contribution in [3.05, 3.63) is 77.0 Å². The highest BCUT2D eigenvalue weighted by Gasteiger charge is 2.54. The molecule has 1 aliphatic heterocycles. The van der Waals surface area contributed by atoms with Gasteiger partial charge in [0, 0.05) is 17.2 Å². The van der Waals surface area contributed by atoms with Crippen molar-refractivity contribution in [2.24, 2.45) is 5.41 Å². The first-order chi connectivity index (χ1) is 17.0. The summed E-state index contributed by atoms with van der Waals surface area (Å²) in [5.74, 6) is -0.383. The lowest BCUT2D eigenvalue weighted by molar-refractivity contribution is -0.776. The maximum absolute atomic E-state index is 12.7. The molecular weight excluding hydrogens is 442 g/mol. The summed E-state index contributed by atoms with van der Waals surface area (Å²) in [5.41, 5.74) is 1.42. The van der Waals surface area contributed by atoms with Gasteiger partial charge in [0.05, 0.1) is 11.5 Å². The van der Waals surface area contributed by atoms with Crippen LogP contribution < -0.4 is 0 Å². The van der Waals surface area contributed by atoms with Crippen molar-refractivity contribution in [2.75, 3.05) is 0 Å². The second kappa shape index (κ2) is 10.0. The average molecular weight is 478 g/mol. The molecule has 6 heteroatoms. The zero-order valence-electron chi connectivity index (χ0n) is 20.4. The van der Waals surface area contributed by atoms with Gasteiger partial charge in [0.1, 0.15) is 0 Å². The Balaban J connectivity index is 1.55. The van der Waals surface area contributed by atoms with Crippen LogP contribution in [0.3, 0.4) is 0 Å². The van der Waals surface area contributed by atoms with E-state index >= 15 is 0 Å². The first-order valence-corrected chi connectivity index (χ1v) is 13.0. The molecule has 1 heterocycles. The highest BCUT2D eigenvalue weighted by Crippen LogP contribution is 2.49. The summed E-state index contributed by atoms with van der Waals surface area (Å²) in [6, 6.07) is 21.0. The van der Waals surface area contributed by atoms with Crippen LogP contribution in [0.2, 0.25) is 0 Å². The van der Waals surface area contributed by atoms with Gasteiger partial charge < -0.3 is 14.3 Å². The summed E-state index contributed by atoms with van der Waals surface area (Å²) in [6.07, 6.45) is 8.20. The van der Waals surface area contributed by atoms with Gasteiger partial charge in [-0.15, -0.1) is 0 Å². The van der Waals surface area contributed by atoms with Crippen LogP contribution in [0.15, 0.2) is 60.7 Å². The summed E-state index contributed by atoms with van der Waals surface area (Å²) >= 11 is 0. The number of nitrogens with zero attached hydrogens (tertiary/aromatic N) is 1. The van der Waals surface area contributed by atoms with Crippen molar-refractivity contribution >= 4 is 12.2 Å². The molecule has 5 rings (SSSR count). The molecule has 35 heavy (non-hydrogen) atoms. The van der Waals surface area contributed by atoms with Crippen molar-refractivity contribution in [3.8, 4) is 0 Å². The monoisotopic (exact) mass is 477 g/mol. The third kappa shape index (κ3) is 4.56. The summed E-state index contributed by atoms with van der Waals surface area (Å²) in [5, 5.41) is 12.7. The minimum absolute atomic E-state index is 0.240. The number of carbonyl (C=O) groups excluding carboxylic acids is 1. The first kappa shape index (κ1) is 23.9. The Morgan fingerprint density at radius 2 is 1.51 bits per heavy atom. The standard InChI is InChI=1S/C29H35NO5/c1-22(31)33-26-27(35-30(32)21-28(26)18-10-4-11-19-28)34-25-17-9-12-20-29(25,23-13-5-2-6-14-23)24-15-7-3-8-16-24/h2-3,5-8,13-16,21,25-27H,4,9-12,17-20H2,1H3/t25?,26-,27-/m1/s1. The Bertz CT molecular complexity index is 992. The van der Waals surface area contributed by atoms with Crippen molar-refractivity contribution in [2.45, 2.75) is 88.6 Å². The fourth-order valence-electron chi connectivity index (χ4n) is 6.60. The Labute approximate surface area is 207 Å². The molecule has 2 fully saturated rings. The van der Waals surface area contributed by atoms with Crippen LogP contribution in [0, 0.1) is 10.6 Å². The van der Waals surface area contributed by atoms with Crippen molar-refractivity contribution in [3.63, 3.8) is 0 Å². The van der Waals surface area contributed by atoms with E-state index in [0.717, 1.165) is 57.8 Å². The highest BCUT2D eigenvalue weighted by atomic mass is 16.9. The molecule has 2 aromatic carbocycles. The van der Waals surface area contributed by atoms with E-state index in [1.807, 2.05) is 12.1 Å². The third-order valence-corrected chi connectivity index (χ3v) is 8.17. The van der Waals surface area contributed by atoms with Crippen molar-refractivity contribution in [1.82, 2.24) is 0 Å². The van der Waals surface area contributed by atoms with E-state index in [1.165, 1.54) is 18.1 Å². The van der Waals surface area contributed by atoms with E-state index in [9.17, 15) is 10.0 Å². The molecule has 2 aromatic rings. The van der Waals surface area contributed by atoms with Gasteiger partial charge in [0.25, 0.3) is 0 Å². The molecule has 2 saturated carbocycles. The second-order valence-corrected chi connectivity index (χ2v) is 10.3. The van der Waals surface area contributed by atoms with E-state index in [2.05, 4.69) is 48.5 Å². The van der Waals surface area contributed by atoms with Gasteiger partial charge in [0.2, 0.25) is 12.5 Å². The van der Waals surface area contributed by atoms with Gasteiger partial charge >= 0.3 is 5.97 Å². The molecule has 3 aliphatic rings. The Kier molecular flexibility index (Phi) is 6.83. The minimum atomic E-state index is -0.964. The van der Waals surface area contributed by atoms with Crippen LogP contribution in [0.5, 0.6) is 0 Å². The van der Waals surface area contributed by atoms with Crippen LogP contribution in [0.1, 0.15) is 75.8 Å². The molecule has 1 spiro atoms. The molecular formula is C29H35NO5. The Morgan fingerprint density at radius 3 is 2.11 bits per heavy atom. The smallest absolute Gasteiger partial charge is 0.303 e. The largest absolute Gasteiger partial charge is 0.457 e. The minimum Gasteiger partial charge on any atom is -0.457 e. The van der Waals surface area contributed by atoms with E-state index in [-0.39, 0.29) is 17.5 Å². The molecule has 0 N–H and O–H groups in total. The Morgan fingerprint density at radius 1 is 0.914 bits per heavy atom. The third-order valence-electron chi connectivity index (χ3n) is 8.17. The van der Waals surface area contributed by atoms with E-state index < -0.39 is 17.8 Å². The lowest BCUT2D eigenvalue weighted by Crippen LogP contribution is -2.58. The summed E-state index contributed by atoms with van der Waals surface area (Å²) < 4.78 is 12.7. The topological polar surface area (TPSA) is 70.8 Å². The van der Waals surface area contributed by atoms with Crippen LogP contribution in [0.25, 0.3) is 0 Å². The molecule has 0 saturated heterocycles. The predicted molar refractivity (Wildman–Crippen MR) is 133 cm³/mol. The number of benzene rings is 2. The molecule has 0 amide bonds. The molecule has 3 atom stereocenters. The molecule has 0 aromatic heterocycles. The van der Waals surface area contributed by atoms with E-state index in [4.69, 9.17) is 14.3 Å². The molecule has 2 aliphatic carbocycles. The fourth-order valence-corrected chi connectivity index (χ4v) is 6.60. The average Bonchev–Trinajstić information content (AvgIpc) is 2.88. The number of esters is 1. The highest BCUT2D eigenvalue weighted by molar-refractivity contribution is 5.68. The van der Waals surface area contributed by atoms with E-state index in [0.29, 0.717) is 4.90 Å². The van der Waals surface area contributed by atoms with E-state index in [1.54, 1.807) is 6.21 Å². The van der Waals surface area contributed by atoms with Crippen LogP contribution in [0.4, 0.5) is 0 Å². The van der Waals surface area contributed by atoms with Gasteiger partial charge in [-0.25, -0.2) is 0 Å². The van der Waals surface area contributed by atoms with Crippen LogP contribution in [-0.2, 0) is 24.5 Å². The van der Waals surface area contributed by atoms with Crippen molar-refractivity contribution in [1.29, 1.82) is 0 Å². The maximum Gasteiger partial charge on any atom is 0.303 e. The number of ether oxygens (including phenoxy) is 2. The number of hydrogen-bond donors (Lipinski definition) is 0. The fraction of sp³-hybridized carbons (Fsp3) is 0.517. The summed E-state index contributed by atoms with van der Waals surface area (Å²) in [7, 11) is 0.